The van der Waals surface area contributed by atoms with E-state index in [-0.39, 0.29) is 11.8 Å². The number of nitrogens with zero attached hydrogens (tertiary/aromatic N) is 1. The number of ether oxygens (including phenoxy) is 1. The zero-order valence-electron chi connectivity index (χ0n) is 11.5. The number of carbonyl (C=O) groups is 1. The summed E-state index contributed by atoms with van der Waals surface area (Å²) >= 11 is 0. The van der Waals surface area contributed by atoms with Gasteiger partial charge in [0.2, 0.25) is 0 Å². The number of rotatable bonds is 7. The van der Waals surface area contributed by atoms with Crippen LogP contribution in [0, 0.1) is 5.82 Å². The van der Waals surface area contributed by atoms with Crippen molar-refractivity contribution in [1.82, 2.24) is 10.2 Å². The molecule has 0 aliphatic carbocycles. The molecule has 19 heavy (non-hydrogen) atoms. The van der Waals surface area contributed by atoms with Crippen LogP contribution in [-0.2, 0) is 0 Å². The maximum absolute atomic E-state index is 12.7. The third-order valence-corrected chi connectivity index (χ3v) is 2.66. The lowest BCUT2D eigenvalue weighted by Gasteiger charge is -2.18. The predicted octanol–water partition coefficient (Wildman–Crippen LogP) is 2.65. The molecule has 1 rings (SSSR count). The molecular formula is C14H21FN2O2. The molecule has 106 valence electrons. The van der Waals surface area contributed by atoms with Crippen LogP contribution in [0.1, 0.15) is 19.8 Å². The summed E-state index contributed by atoms with van der Waals surface area (Å²) in [4.78, 5) is 13.2. The van der Waals surface area contributed by atoms with Crippen LogP contribution >= 0.6 is 0 Å². The number of amides is 2. The summed E-state index contributed by atoms with van der Waals surface area (Å²) < 4.78 is 18.1. The molecule has 0 bridgehead atoms. The van der Waals surface area contributed by atoms with Crippen LogP contribution in [0.3, 0.4) is 0 Å². The van der Waals surface area contributed by atoms with Gasteiger partial charge in [0.1, 0.15) is 18.2 Å². The Hall–Kier alpha value is -1.78. The SMILES string of the molecule is CCCCNC(=O)N(C)CCOc1ccc(F)cc1. The van der Waals surface area contributed by atoms with E-state index >= 15 is 0 Å². The minimum absolute atomic E-state index is 0.101. The van der Waals surface area contributed by atoms with E-state index in [9.17, 15) is 9.18 Å². The van der Waals surface area contributed by atoms with E-state index in [1.54, 1.807) is 24.1 Å². The standard InChI is InChI=1S/C14H21FN2O2/c1-3-4-9-16-14(18)17(2)10-11-19-13-7-5-12(15)6-8-13/h5-8H,3-4,9-11H2,1-2H3,(H,16,18). The third kappa shape index (κ3) is 6.08. The van der Waals surface area contributed by atoms with Crippen molar-refractivity contribution in [3.05, 3.63) is 30.1 Å². The first-order chi connectivity index (χ1) is 9.13. The Labute approximate surface area is 113 Å². The Morgan fingerprint density at radius 1 is 1.37 bits per heavy atom. The second kappa shape index (κ2) is 8.34. The molecule has 0 fully saturated rings. The third-order valence-electron chi connectivity index (χ3n) is 2.66. The second-order valence-corrected chi connectivity index (χ2v) is 4.31. The quantitative estimate of drug-likeness (QED) is 0.772. The maximum Gasteiger partial charge on any atom is 0.317 e. The Morgan fingerprint density at radius 2 is 2.05 bits per heavy atom. The average Bonchev–Trinajstić information content (AvgIpc) is 2.41. The van der Waals surface area contributed by atoms with E-state index in [1.807, 2.05) is 0 Å². The summed E-state index contributed by atoms with van der Waals surface area (Å²) in [7, 11) is 1.72. The molecule has 0 unspecified atom stereocenters. The zero-order chi connectivity index (χ0) is 14.1. The number of halogens is 1. The molecule has 5 heteroatoms. The fourth-order valence-electron chi connectivity index (χ4n) is 1.44. The molecule has 0 radical (unpaired) electrons. The Balaban J connectivity index is 2.20. The molecule has 0 heterocycles. The van der Waals surface area contributed by atoms with Gasteiger partial charge in [0.15, 0.2) is 0 Å². The largest absolute Gasteiger partial charge is 0.492 e. The van der Waals surface area contributed by atoms with Crippen molar-refractivity contribution >= 4 is 6.03 Å². The Morgan fingerprint density at radius 3 is 2.68 bits per heavy atom. The predicted molar refractivity (Wildman–Crippen MR) is 72.8 cm³/mol. The van der Waals surface area contributed by atoms with Crippen molar-refractivity contribution in [2.45, 2.75) is 19.8 Å². The van der Waals surface area contributed by atoms with E-state index in [0.29, 0.717) is 25.4 Å². The van der Waals surface area contributed by atoms with Crippen LogP contribution in [0.5, 0.6) is 5.75 Å². The zero-order valence-corrected chi connectivity index (χ0v) is 11.5. The van der Waals surface area contributed by atoms with Crippen LogP contribution < -0.4 is 10.1 Å². The van der Waals surface area contributed by atoms with E-state index in [2.05, 4.69) is 12.2 Å². The van der Waals surface area contributed by atoms with Crippen LogP contribution in [0.2, 0.25) is 0 Å². The normalized spacial score (nSPS) is 10.1. The summed E-state index contributed by atoms with van der Waals surface area (Å²) in [5.41, 5.74) is 0. The monoisotopic (exact) mass is 268 g/mol. The van der Waals surface area contributed by atoms with Crippen molar-refractivity contribution in [1.29, 1.82) is 0 Å². The molecule has 1 aromatic carbocycles. The van der Waals surface area contributed by atoms with Crippen molar-refractivity contribution in [3.8, 4) is 5.75 Å². The van der Waals surface area contributed by atoms with Crippen molar-refractivity contribution in [2.24, 2.45) is 0 Å². The van der Waals surface area contributed by atoms with Gasteiger partial charge in [-0.05, 0) is 30.7 Å². The smallest absolute Gasteiger partial charge is 0.317 e. The highest BCUT2D eigenvalue weighted by atomic mass is 19.1. The van der Waals surface area contributed by atoms with Crippen molar-refractivity contribution in [2.75, 3.05) is 26.7 Å². The number of hydrogen-bond acceptors (Lipinski definition) is 2. The first-order valence-corrected chi connectivity index (χ1v) is 6.50. The number of unbranched alkanes of at least 4 members (excludes halogenated alkanes) is 1. The van der Waals surface area contributed by atoms with E-state index in [4.69, 9.17) is 4.74 Å². The Bertz CT molecular complexity index is 382. The molecular weight excluding hydrogens is 247 g/mol. The fraction of sp³-hybridized carbons (Fsp3) is 0.500. The van der Waals surface area contributed by atoms with Crippen LogP contribution in [0.15, 0.2) is 24.3 Å². The first-order valence-electron chi connectivity index (χ1n) is 6.50. The molecule has 1 N–H and O–H groups in total. The lowest BCUT2D eigenvalue weighted by Crippen LogP contribution is -2.39. The molecule has 2 amide bonds. The van der Waals surface area contributed by atoms with Crippen molar-refractivity contribution < 1.29 is 13.9 Å². The number of hydrogen-bond donors (Lipinski definition) is 1. The van der Waals surface area contributed by atoms with E-state index in [0.717, 1.165) is 12.8 Å². The minimum atomic E-state index is -0.292. The highest BCUT2D eigenvalue weighted by molar-refractivity contribution is 5.73. The summed E-state index contributed by atoms with van der Waals surface area (Å²) in [5, 5.41) is 2.82. The van der Waals surface area contributed by atoms with Gasteiger partial charge in [-0.15, -0.1) is 0 Å². The average molecular weight is 268 g/mol. The minimum Gasteiger partial charge on any atom is -0.492 e. The van der Waals surface area contributed by atoms with E-state index < -0.39 is 0 Å². The molecule has 0 aromatic heterocycles. The van der Waals surface area contributed by atoms with Gasteiger partial charge >= 0.3 is 6.03 Å². The molecule has 0 saturated heterocycles. The molecule has 0 aliphatic rings. The van der Waals surface area contributed by atoms with Crippen molar-refractivity contribution in [3.63, 3.8) is 0 Å². The van der Waals surface area contributed by atoms with Gasteiger partial charge in [0.05, 0.1) is 6.54 Å². The topological polar surface area (TPSA) is 41.6 Å². The summed E-state index contributed by atoms with van der Waals surface area (Å²) in [6.07, 6.45) is 2.03. The molecule has 1 aromatic rings. The fourth-order valence-corrected chi connectivity index (χ4v) is 1.44. The number of urea groups is 1. The highest BCUT2D eigenvalue weighted by Gasteiger charge is 2.07. The molecule has 0 spiro atoms. The lowest BCUT2D eigenvalue weighted by atomic mass is 10.3. The van der Waals surface area contributed by atoms with Gasteiger partial charge in [-0.1, -0.05) is 13.3 Å². The van der Waals surface area contributed by atoms with Gasteiger partial charge < -0.3 is 15.0 Å². The van der Waals surface area contributed by atoms with Gasteiger partial charge in [0, 0.05) is 13.6 Å². The van der Waals surface area contributed by atoms with Gasteiger partial charge in [0.25, 0.3) is 0 Å². The molecule has 0 atom stereocenters. The summed E-state index contributed by atoms with van der Waals surface area (Å²) in [6.45, 7) is 3.63. The maximum atomic E-state index is 12.7. The van der Waals surface area contributed by atoms with Gasteiger partial charge in [-0.2, -0.15) is 0 Å². The number of benzene rings is 1. The Kier molecular flexibility index (Phi) is 6.71. The molecule has 0 aliphatic heterocycles. The highest BCUT2D eigenvalue weighted by Crippen LogP contribution is 2.10. The van der Waals surface area contributed by atoms with Crippen LogP contribution in [-0.4, -0.2) is 37.7 Å². The van der Waals surface area contributed by atoms with Crippen LogP contribution in [0.4, 0.5) is 9.18 Å². The molecule has 0 saturated carbocycles. The van der Waals surface area contributed by atoms with Gasteiger partial charge in [-0.25, -0.2) is 9.18 Å². The van der Waals surface area contributed by atoms with Gasteiger partial charge in [-0.3, -0.25) is 0 Å². The molecule has 4 nitrogen and oxygen atoms in total. The summed E-state index contributed by atoms with van der Waals surface area (Å²) in [5.74, 6) is 0.306. The lowest BCUT2D eigenvalue weighted by molar-refractivity contribution is 0.195. The van der Waals surface area contributed by atoms with Crippen LogP contribution in [0.25, 0.3) is 0 Å². The van der Waals surface area contributed by atoms with E-state index in [1.165, 1.54) is 12.1 Å². The summed E-state index contributed by atoms with van der Waals surface area (Å²) in [6, 6.07) is 5.72. The number of nitrogens with one attached hydrogen (secondary N) is 1. The first kappa shape index (κ1) is 15.3. The number of likely N-dealkylation sites (N-methyl/N-ethyl adjacent to an activating group) is 1. The number of carbonyl (C=O) groups excluding carboxylic acids is 1. The second-order valence-electron chi connectivity index (χ2n) is 4.31.